The first-order valence-corrected chi connectivity index (χ1v) is 8.57. The molecule has 6 heteroatoms. The van der Waals surface area contributed by atoms with Crippen LogP contribution in [0.2, 0.25) is 0 Å². The Balaban J connectivity index is 3.05. The van der Waals surface area contributed by atoms with Crippen molar-refractivity contribution in [2.75, 3.05) is 25.6 Å². The highest BCUT2D eigenvalue weighted by atomic mass is 32.2. The van der Waals surface area contributed by atoms with Crippen molar-refractivity contribution >= 4 is 15.7 Å². The molecule has 5 nitrogen and oxygen atoms in total. The van der Waals surface area contributed by atoms with Crippen molar-refractivity contribution in [2.24, 2.45) is 5.92 Å². The molecular formula is C15H26N2O3S. The van der Waals surface area contributed by atoms with Gasteiger partial charge in [-0.25, -0.2) is 13.1 Å². The smallest absolute Gasteiger partial charge is 0.240 e. The van der Waals surface area contributed by atoms with Gasteiger partial charge in [0.1, 0.15) is 0 Å². The number of hydrogen-bond acceptors (Lipinski definition) is 4. The number of nitrogens with zero attached hydrogens (tertiary/aromatic N) is 1. The lowest BCUT2D eigenvalue weighted by atomic mass is 10.1. The molecule has 0 bridgehead atoms. The van der Waals surface area contributed by atoms with Crippen molar-refractivity contribution < 1.29 is 13.5 Å². The van der Waals surface area contributed by atoms with E-state index in [-0.39, 0.29) is 11.5 Å². The van der Waals surface area contributed by atoms with Crippen LogP contribution in [0.3, 0.4) is 0 Å². The van der Waals surface area contributed by atoms with E-state index in [0.717, 1.165) is 11.3 Å². The highest BCUT2D eigenvalue weighted by molar-refractivity contribution is 7.89. The first-order valence-electron chi connectivity index (χ1n) is 7.08. The molecule has 0 radical (unpaired) electrons. The Morgan fingerprint density at radius 3 is 2.38 bits per heavy atom. The van der Waals surface area contributed by atoms with Gasteiger partial charge in [-0.1, -0.05) is 19.9 Å². The highest BCUT2D eigenvalue weighted by Crippen LogP contribution is 2.22. The molecule has 0 amide bonds. The van der Waals surface area contributed by atoms with Gasteiger partial charge in [0.15, 0.2) is 0 Å². The summed E-state index contributed by atoms with van der Waals surface area (Å²) in [6, 6.07) is 4.58. The molecule has 0 aromatic heterocycles. The predicted molar refractivity (Wildman–Crippen MR) is 86.2 cm³/mol. The Labute approximate surface area is 128 Å². The van der Waals surface area contributed by atoms with Crippen molar-refractivity contribution in [3.05, 3.63) is 23.8 Å². The fourth-order valence-corrected chi connectivity index (χ4v) is 3.51. The minimum Gasteiger partial charge on any atom is -0.395 e. The molecule has 1 rings (SSSR count). The number of anilines is 1. The van der Waals surface area contributed by atoms with Gasteiger partial charge < -0.3 is 10.0 Å². The van der Waals surface area contributed by atoms with E-state index in [9.17, 15) is 13.5 Å². The summed E-state index contributed by atoms with van der Waals surface area (Å²) in [4.78, 5) is 2.10. The summed E-state index contributed by atoms with van der Waals surface area (Å²) in [5.74, 6) is 0.306. The number of sulfonamides is 1. The molecule has 1 aromatic rings. The molecule has 0 heterocycles. The zero-order valence-corrected chi connectivity index (χ0v) is 14.2. The molecule has 0 saturated carbocycles. The molecule has 0 aliphatic carbocycles. The molecule has 1 aromatic carbocycles. The van der Waals surface area contributed by atoms with E-state index >= 15 is 0 Å². The third-order valence-electron chi connectivity index (χ3n) is 3.27. The van der Waals surface area contributed by atoms with Crippen molar-refractivity contribution in [1.29, 1.82) is 0 Å². The summed E-state index contributed by atoms with van der Waals surface area (Å²) >= 11 is 0. The SMILES string of the molecule is Cc1ccc(S(=O)(=O)N[C@@H](CO)CC(C)C)cc1N(C)C. The monoisotopic (exact) mass is 314 g/mol. The number of aliphatic hydroxyl groups excluding tert-OH is 1. The highest BCUT2D eigenvalue weighted by Gasteiger charge is 2.21. The van der Waals surface area contributed by atoms with Gasteiger partial charge in [0.2, 0.25) is 10.0 Å². The maximum Gasteiger partial charge on any atom is 0.240 e. The number of hydrogen-bond donors (Lipinski definition) is 2. The quantitative estimate of drug-likeness (QED) is 0.804. The van der Waals surface area contributed by atoms with Crippen LogP contribution in [-0.2, 0) is 10.0 Å². The van der Waals surface area contributed by atoms with Gasteiger partial charge >= 0.3 is 0 Å². The van der Waals surface area contributed by atoms with Gasteiger partial charge in [0, 0.05) is 25.8 Å². The maximum atomic E-state index is 12.4. The van der Waals surface area contributed by atoms with Crippen LogP contribution in [0.1, 0.15) is 25.8 Å². The molecule has 0 spiro atoms. The summed E-state index contributed by atoms with van der Waals surface area (Å²) < 4.78 is 27.4. The lowest BCUT2D eigenvalue weighted by molar-refractivity contribution is 0.240. The van der Waals surface area contributed by atoms with Gasteiger partial charge in [-0.15, -0.1) is 0 Å². The minimum atomic E-state index is -3.63. The van der Waals surface area contributed by atoms with E-state index in [1.54, 1.807) is 18.2 Å². The Kier molecular flexibility index (Phi) is 6.19. The lowest BCUT2D eigenvalue weighted by Gasteiger charge is -2.20. The van der Waals surface area contributed by atoms with Crippen LogP contribution in [0.25, 0.3) is 0 Å². The molecule has 0 saturated heterocycles. The Hall–Kier alpha value is -1.11. The van der Waals surface area contributed by atoms with E-state index in [1.165, 1.54) is 0 Å². The van der Waals surface area contributed by atoms with Gasteiger partial charge in [-0.3, -0.25) is 0 Å². The Morgan fingerprint density at radius 1 is 1.29 bits per heavy atom. The second kappa shape index (κ2) is 7.24. The van der Waals surface area contributed by atoms with Crippen LogP contribution in [-0.4, -0.2) is 40.3 Å². The number of rotatable bonds is 7. The molecule has 2 N–H and O–H groups in total. The van der Waals surface area contributed by atoms with Crippen molar-refractivity contribution in [3.63, 3.8) is 0 Å². The Morgan fingerprint density at radius 2 is 1.90 bits per heavy atom. The second-order valence-corrected chi connectivity index (χ2v) is 7.69. The maximum absolute atomic E-state index is 12.4. The second-order valence-electron chi connectivity index (χ2n) is 5.97. The Bertz CT molecular complexity index is 568. The summed E-state index contributed by atoms with van der Waals surface area (Å²) in [5, 5.41) is 9.34. The zero-order chi connectivity index (χ0) is 16.2. The summed E-state index contributed by atoms with van der Waals surface area (Å²) in [7, 11) is 0.126. The van der Waals surface area contributed by atoms with Crippen LogP contribution in [0, 0.1) is 12.8 Å². The van der Waals surface area contributed by atoms with Crippen LogP contribution >= 0.6 is 0 Å². The average molecular weight is 314 g/mol. The molecule has 0 aliphatic heterocycles. The van der Waals surface area contributed by atoms with Crippen LogP contribution < -0.4 is 9.62 Å². The number of aliphatic hydroxyl groups is 1. The molecule has 21 heavy (non-hydrogen) atoms. The molecular weight excluding hydrogens is 288 g/mol. The van der Waals surface area contributed by atoms with Gasteiger partial charge in [-0.2, -0.15) is 0 Å². The summed E-state index contributed by atoms with van der Waals surface area (Å²) in [6.07, 6.45) is 0.599. The molecule has 120 valence electrons. The standard InChI is InChI=1S/C15H26N2O3S/c1-11(2)8-13(10-18)16-21(19,20)14-7-6-12(3)15(9-14)17(4)5/h6-7,9,11,13,16,18H,8,10H2,1-5H3/t13-/m1/s1. The minimum absolute atomic E-state index is 0.205. The number of benzene rings is 1. The molecule has 0 unspecified atom stereocenters. The summed E-state index contributed by atoms with van der Waals surface area (Å²) in [5.41, 5.74) is 1.88. The van der Waals surface area contributed by atoms with E-state index in [4.69, 9.17) is 0 Å². The lowest BCUT2D eigenvalue weighted by Crippen LogP contribution is -2.38. The van der Waals surface area contributed by atoms with Crippen LogP contribution in [0.5, 0.6) is 0 Å². The fraction of sp³-hybridized carbons (Fsp3) is 0.600. The zero-order valence-electron chi connectivity index (χ0n) is 13.4. The first-order chi connectivity index (χ1) is 9.67. The fourth-order valence-electron chi connectivity index (χ4n) is 2.25. The van der Waals surface area contributed by atoms with Gasteiger partial charge in [0.05, 0.1) is 11.5 Å². The van der Waals surface area contributed by atoms with Crippen molar-refractivity contribution in [1.82, 2.24) is 4.72 Å². The topological polar surface area (TPSA) is 69.6 Å². The van der Waals surface area contributed by atoms with Crippen LogP contribution in [0.4, 0.5) is 5.69 Å². The van der Waals surface area contributed by atoms with Gasteiger partial charge in [-0.05, 0) is 37.0 Å². The predicted octanol–water partition coefficient (Wildman–Crippen LogP) is 1.75. The molecule has 0 aliphatic rings. The number of nitrogens with one attached hydrogen (secondary N) is 1. The van der Waals surface area contributed by atoms with E-state index in [0.29, 0.717) is 12.3 Å². The normalized spacial score (nSPS) is 13.5. The molecule has 1 atom stereocenters. The van der Waals surface area contributed by atoms with E-state index < -0.39 is 16.1 Å². The third-order valence-corrected chi connectivity index (χ3v) is 4.79. The van der Waals surface area contributed by atoms with Crippen molar-refractivity contribution in [3.8, 4) is 0 Å². The van der Waals surface area contributed by atoms with E-state index in [1.807, 2.05) is 39.8 Å². The summed E-state index contributed by atoms with van der Waals surface area (Å²) in [6.45, 7) is 5.72. The average Bonchev–Trinajstić information content (AvgIpc) is 2.36. The van der Waals surface area contributed by atoms with Crippen molar-refractivity contribution in [2.45, 2.75) is 38.1 Å². The van der Waals surface area contributed by atoms with E-state index in [2.05, 4.69) is 4.72 Å². The van der Waals surface area contributed by atoms with Crippen LogP contribution in [0.15, 0.2) is 23.1 Å². The number of aryl methyl sites for hydroxylation is 1. The largest absolute Gasteiger partial charge is 0.395 e. The molecule has 0 fully saturated rings. The first kappa shape index (κ1) is 17.9. The van der Waals surface area contributed by atoms with Gasteiger partial charge in [0.25, 0.3) is 0 Å². The third kappa shape index (κ3) is 4.98.